The van der Waals surface area contributed by atoms with E-state index in [0.29, 0.717) is 17.2 Å². The van der Waals surface area contributed by atoms with Crippen LogP contribution < -0.4 is 15.2 Å². The lowest BCUT2D eigenvalue weighted by Crippen LogP contribution is -2.07. The molecule has 0 atom stereocenters. The molecule has 0 radical (unpaired) electrons. The fourth-order valence-electron chi connectivity index (χ4n) is 1.93. The van der Waals surface area contributed by atoms with Crippen LogP contribution in [0.5, 0.6) is 17.2 Å². The van der Waals surface area contributed by atoms with Crippen LogP contribution in [-0.4, -0.2) is 6.10 Å². The average Bonchev–Trinajstić information content (AvgIpc) is 2.43. The van der Waals surface area contributed by atoms with E-state index in [4.69, 9.17) is 15.2 Å². The number of hydrogen-bond donors (Lipinski definition) is 1. The van der Waals surface area contributed by atoms with Crippen LogP contribution in [-0.2, 0) is 6.42 Å². The van der Waals surface area contributed by atoms with Crippen molar-refractivity contribution in [3.8, 4) is 17.2 Å². The summed E-state index contributed by atoms with van der Waals surface area (Å²) in [6, 6.07) is 13.6. The number of benzene rings is 2. The minimum Gasteiger partial charge on any atom is -0.489 e. The second kappa shape index (κ2) is 6.33. The average molecular weight is 271 g/mol. The Kier molecular flexibility index (Phi) is 4.51. The first kappa shape index (κ1) is 14.3. The van der Waals surface area contributed by atoms with E-state index in [2.05, 4.69) is 13.0 Å². The van der Waals surface area contributed by atoms with Gasteiger partial charge in [0.05, 0.1) is 6.10 Å². The van der Waals surface area contributed by atoms with Crippen molar-refractivity contribution < 1.29 is 9.47 Å². The molecule has 0 aromatic heterocycles. The maximum absolute atomic E-state index is 6.10. The highest BCUT2D eigenvalue weighted by atomic mass is 16.5. The van der Waals surface area contributed by atoms with Crippen LogP contribution in [0.3, 0.4) is 0 Å². The molecule has 2 aromatic rings. The Labute approximate surface area is 120 Å². The number of nitrogens with two attached hydrogens (primary N) is 1. The monoisotopic (exact) mass is 271 g/mol. The van der Waals surface area contributed by atoms with Gasteiger partial charge in [-0.25, -0.2) is 0 Å². The van der Waals surface area contributed by atoms with Gasteiger partial charge in [-0.15, -0.1) is 0 Å². The molecule has 2 N–H and O–H groups in total. The summed E-state index contributed by atoms with van der Waals surface area (Å²) in [7, 11) is 0. The van der Waals surface area contributed by atoms with Gasteiger partial charge in [-0.3, -0.25) is 0 Å². The standard InChI is InChI=1S/C17H21NO2/c1-4-13-7-5-8-14(11-13)20-16-10-6-9-15(17(16)18)19-12(2)3/h5-12H,4,18H2,1-3H3. The normalized spacial score (nSPS) is 10.6. The lowest BCUT2D eigenvalue weighted by atomic mass is 10.2. The third-order valence-electron chi connectivity index (χ3n) is 2.92. The van der Waals surface area contributed by atoms with Crippen molar-refractivity contribution >= 4 is 5.69 Å². The Balaban J connectivity index is 2.24. The van der Waals surface area contributed by atoms with Crippen LogP contribution in [0.15, 0.2) is 42.5 Å². The molecule has 20 heavy (non-hydrogen) atoms. The molecule has 0 unspecified atom stereocenters. The molecule has 106 valence electrons. The third kappa shape index (κ3) is 3.44. The molecule has 3 heteroatoms. The van der Waals surface area contributed by atoms with Gasteiger partial charge in [-0.2, -0.15) is 0 Å². The minimum atomic E-state index is 0.0796. The van der Waals surface area contributed by atoms with Gasteiger partial charge in [0, 0.05) is 0 Å². The van der Waals surface area contributed by atoms with Gasteiger partial charge in [0.15, 0.2) is 5.75 Å². The summed E-state index contributed by atoms with van der Waals surface area (Å²) in [5.74, 6) is 2.07. The molecule has 0 aliphatic carbocycles. The van der Waals surface area contributed by atoms with E-state index >= 15 is 0 Å². The number of ether oxygens (including phenoxy) is 2. The molecule has 0 heterocycles. The maximum atomic E-state index is 6.10. The molecular weight excluding hydrogens is 250 g/mol. The van der Waals surface area contributed by atoms with E-state index in [1.165, 1.54) is 5.56 Å². The molecule has 2 rings (SSSR count). The molecule has 0 amide bonds. The van der Waals surface area contributed by atoms with Crippen molar-refractivity contribution in [3.63, 3.8) is 0 Å². The van der Waals surface area contributed by atoms with Crippen molar-refractivity contribution in [1.29, 1.82) is 0 Å². The van der Waals surface area contributed by atoms with E-state index in [9.17, 15) is 0 Å². The number of rotatable bonds is 5. The highest BCUT2D eigenvalue weighted by Crippen LogP contribution is 2.35. The number of para-hydroxylation sites is 1. The van der Waals surface area contributed by atoms with Crippen LogP contribution in [0.25, 0.3) is 0 Å². The number of hydrogen-bond acceptors (Lipinski definition) is 3. The zero-order chi connectivity index (χ0) is 14.5. The Morgan fingerprint density at radius 2 is 1.75 bits per heavy atom. The largest absolute Gasteiger partial charge is 0.489 e. The van der Waals surface area contributed by atoms with Gasteiger partial charge >= 0.3 is 0 Å². The molecule has 0 saturated heterocycles. The van der Waals surface area contributed by atoms with Crippen LogP contribution in [0.4, 0.5) is 5.69 Å². The fourth-order valence-corrected chi connectivity index (χ4v) is 1.93. The number of aryl methyl sites for hydroxylation is 1. The predicted octanol–water partition coefficient (Wildman–Crippen LogP) is 4.41. The highest BCUT2D eigenvalue weighted by Gasteiger charge is 2.09. The first-order chi connectivity index (χ1) is 9.60. The summed E-state index contributed by atoms with van der Waals surface area (Å²) in [6.45, 7) is 6.06. The smallest absolute Gasteiger partial charge is 0.154 e. The van der Waals surface area contributed by atoms with E-state index < -0.39 is 0 Å². The van der Waals surface area contributed by atoms with E-state index in [1.54, 1.807) is 0 Å². The van der Waals surface area contributed by atoms with Gasteiger partial charge < -0.3 is 15.2 Å². The van der Waals surface area contributed by atoms with Crippen molar-refractivity contribution in [2.75, 3.05) is 5.73 Å². The topological polar surface area (TPSA) is 44.5 Å². The summed E-state index contributed by atoms with van der Waals surface area (Å²) in [6.07, 6.45) is 1.05. The Bertz CT molecular complexity index is 579. The quantitative estimate of drug-likeness (QED) is 0.819. The van der Waals surface area contributed by atoms with Crippen LogP contribution in [0.2, 0.25) is 0 Å². The van der Waals surface area contributed by atoms with Crippen molar-refractivity contribution in [3.05, 3.63) is 48.0 Å². The predicted molar refractivity (Wildman–Crippen MR) is 82.5 cm³/mol. The molecule has 3 nitrogen and oxygen atoms in total. The number of anilines is 1. The first-order valence-electron chi connectivity index (χ1n) is 6.92. The van der Waals surface area contributed by atoms with Gasteiger partial charge in [0.25, 0.3) is 0 Å². The lowest BCUT2D eigenvalue weighted by molar-refractivity contribution is 0.243. The molecule has 0 fully saturated rings. The second-order valence-electron chi connectivity index (χ2n) is 4.94. The van der Waals surface area contributed by atoms with E-state index in [-0.39, 0.29) is 6.10 Å². The molecule has 2 aromatic carbocycles. The van der Waals surface area contributed by atoms with Gasteiger partial charge in [0.2, 0.25) is 0 Å². The summed E-state index contributed by atoms with van der Waals surface area (Å²) in [5.41, 5.74) is 7.86. The summed E-state index contributed by atoms with van der Waals surface area (Å²) < 4.78 is 11.5. The van der Waals surface area contributed by atoms with Gasteiger partial charge in [0.1, 0.15) is 17.2 Å². The maximum Gasteiger partial charge on any atom is 0.154 e. The van der Waals surface area contributed by atoms with Crippen LogP contribution >= 0.6 is 0 Å². The Hall–Kier alpha value is -2.16. The van der Waals surface area contributed by atoms with Crippen LogP contribution in [0.1, 0.15) is 26.3 Å². The molecule has 0 aliphatic rings. The molecule has 0 aliphatic heterocycles. The number of nitrogen functional groups attached to an aromatic ring is 1. The van der Waals surface area contributed by atoms with Gasteiger partial charge in [-0.1, -0.05) is 25.1 Å². The summed E-state index contributed by atoms with van der Waals surface area (Å²) >= 11 is 0. The molecule has 0 spiro atoms. The van der Waals surface area contributed by atoms with E-state index in [0.717, 1.165) is 12.2 Å². The molecule has 0 bridgehead atoms. The minimum absolute atomic E-state index is 0.0796. The Morgan fingerprint density at radius 3 is 2.45 bits per heavy atom. The Morgan fingerprint density at radius 1 is 1.05 bits per heavy atom. The summed E-state index contributed by atoms with van der Waals surface area (Å²) in [5, 5.41) is 0. The summed E-state index contributed by atoms with van der Waals surface area (Å²) in [4.78, 5) is 0. The second-order valence-corrected chi connectivity index (χ2v) is 4.94. The highest BCUT2D eigenvalue weighted by molar-refractivity contribution is 5.63. The molecule has 0 saturated carbocycles. The van der Waals surface area contributed by atoms with Gasteiger partial charge in [-0.05, 0) is 50.1 Å². The van der Waals surface area contributed by atoms with E-state index in [1.807, 2.05) is 50.2 Å². The zero-order valence-electron chi connectivity index (χ0n) is 12.2. The van der Waals surface area contributed by atoms with Crippen molar-refractivity contribution in [2.45, 2.75) is 33.3 Å². The third-order valence-corrected chi connectivity index (χ3v) is 2.92. The fraction of sp³-hybridized carbons (Fsp3) is 0.294. The van der Waals surface area contributed by atoms with Crippen molar-refractivity contribution in [1.82, 2.24) is 0 Å². The molecular formula is C17H21NO2. The van der Waals surface area contributed by atoms with Crippen LogP contribution in [0, 0.1) is 0 Å². The zero-order valence-corrected chi connectivity index (χ0v) is 12.2. The first-order valence-corrected chi connectivity index (χ1v) is 6.92. The SMILES string of the molecule is CCc1cccc(Oc2cccc(OC(C)C)c2N)c1. The lowest BCUT2D eigenvalue weighted by Gasteiger charge is -2.15. The van der Waals surface area contributed by atoms with Crippen molar-refractivity contribution in [2.24, 2.45) is 0 Å².